The van der Waals surface area contributed by atoms with Crippen molar-refractivity contribution >= 4 is 22.8 Å². The molecule has 0 unspecified atom stereocenters. The van der Waals surface area contributed by atoms with Crippen molar-refractivity contribution in [2.75, 3.05) is 0 Å². The second-order valence-corrected chi connectivity index (χ2v) is 5.18. The first-order chi connectivity index (χ1) is 11.3. The number of benzene rings is 2. The van der Waals surface area contributed by atoms with Crippen molar-refractivity contribution in [3.05, 3.63) is 53.6 Å². The van der Waals surface area contributed by atoms with E-state index in [2.05, 4.69) is 14.7 Å². The summed E-state index contributed by atoms with van der Waals surface area (Å²) in [5.74, 6) is -0.327. The van der Waals surface area contributed by atoms with E-state index in [0.29, 0.717) is 11.3 Å². The Morgan fingerprint density at radius 1 is 1.12 bits per heavy atom. The first-order valence-electron chi connectivity index (χ1n) is 7.03. The van der Waals surface area contributed by atoms with Gasteiger partial charge in [0.15, 0.2) is 5.88 Å². The molecule has 3 rings (SSSR count). The molecule has 2 aromatic carbocycles. The second kappa shape index (κ2) is 5.92. The maximum atomic E-state index is 12.1. The van der Waals surface area contributed by atoms with Gasteiger partial charge in [-0.05, 0) is 42.8 Å². The lowest BCUT2D eigenvalue weighted by Gasteiger charge is -2.08. The number of H-pyrrole nitrogens is 1. The molecule has 0 amide bonds. The normalized spacial score (nSPS) is 12.2. The van der Waals surface area contributed by atoms with Crippen molar-refractivity contribution in [3.63, 3.8) is 0 Å². The van der Waals surface area contributed by atoms with E-state index in [9.17, 15) is 18.3 Å². The number of nitrogens with zero attached hydrogens (tertiary/aromatic N) is 1. The monoisotopic (exact) mass is 334 g/mol. The summed E-state index contributed by atoms with van der Waals surface area (Å²) in [6.45, 7) is 1.91. The van der Waals surface area contributed by atoms with E-state index in [1.165, 1.54) is 30.5 Å². The van der Waals surface area contributed by atoms with E-state index in [1.807, 2.05) is 25.1 Å². The van der Waals surface area contributed by atoms with Crippen molar-refractivity contribution < 1.29 is 23.0 Å². The van der Waals surface area contributed by atoms with Gasteiger partial charge in [-0.3, -0.25) is 4.99 Å². The number of rotatable bonds is 3. The number of hydrogen-bond donors (Lipinski definition) is 2. The SMILES string of the molecule is Cc1cccc2[nH]c(O)c(C=Nc3ccc(OC(F)(F)F)cc3)c12. The molecule has 0 spiro atoms. The molecule has 2 N–H and O–H groups in total. The maximum absolute atomic E-state index is 12.1. The van der Waals surface area contributed by atoms with E-state index in [-0.39, 0.29) is 11.6 Å². The summed E-state index contributed by atoms with van der Waals surface area (Å²) in [6.07, 6.45) is -3.25. The highest BCUT2D eigenvalue weighted by Crippen LogP contribution is 2.29. The number of alkyl halides is 3. The van der Waals surface area contributed by atoms with Crippen molar-refractivity contribution in [2.45, 2.75) is 13.3 Å². The topological polar surface area (TPSA) is 57.6 Å². The quantitative estimate of drug-likeness (QED) is 0.674. The van der Waals surface area contributed by atoms with Crippen LogP contribution in [0.4, 0.5) is 18.9 Å². The minimum Gasteiger partial charge on any atom is -0.494 e. The van der Waals surface area contributed by atoms with Crippen LogP contribution in [0.1, 0.15) is 11.1 Å². The third kappa shape index (κ3) is 3.34. The standard InChI is InChI=1S/C17H13F3N2O2/c1-10-3-2-4-14-15(10)13(16(23)22-14)9-21-11-5-7-12(8-6-11)24-17(18,19)20/h2-9,22-23H,1H3. The predicted molar refractivity (Wildman–Crippen MR) is 85.1 cm³/mol. The van der Waals surface area contributed by atoms with Gasteiger partial charge in [-0.2, -0.15) is 0 Å². The van der Waals surface area contributed by atoms with Crippen LogP contribution in [0.5, 0.6) is 11.6 Å². The summed E-state index contributed by atoms with van der Waals surface area (Å²) in [4.78, 5) is 7.05. The zero-order valence-corrected chi connectivity index (χ0v) is 12.6. The number of aliphatic imine (C=N–C) groups is 1. The molecule has 3 aromatic rings. The summed E-state index contributed by atoms with van der Waals surface area (Å²) in [5.41, 5.74) is 2.72. The molecule has 0 aliphatic rings. The molecule has 124 valence electrons. The van der Waals surface area contributed by atoms with Gasteiger partial charge in [0.1, 0.15) is 5.75 Å². The molecule has 0 radical (unpaired) electrons. The van der Waals surface area contributed by atoms with Gasteiger partial charge in [0.2, 0.25) is 0 Å². The lowest BCUT2D eigenvalue weighted by atomic mass is 10.1. The Morgan fingerprint density at radius 3 is 2.50 bits per heavy atom. The number of halogens is 3. The third-order valence-corrected chi connectivity index (χ3v) is 3.46. The molecule has 0 saturated carbocycles. The first-order valence-corrected chi connectivity index (χ1v) is 7.03. The fraction of sp³-hybridized carbons (Fsp3) is 0.118. The molecule has 7 heteroatoms. The highest BCUT2D eigenvalue weighted by molar-refractivity contribution is 6.04. The predicted octanol–water partition coefficient (Wildman–Crippen LogP) is 4.83. The van der Waals surface area contributed by atoms with E-state index in [1.54, 1.807) is 0 Å². The summed E-state index contributed by atoms with van der Waals surface area (Å²) in [7, 11) is 0. The summed E-state index contributed by atoms with van der Waals surface area (Å²) < 4.78 is 40.2. The zero-order valence-electron chi connectivity index (χ0n) is 12.6. The van der Waals surface area contributed by atoms with Gasteiger partial charge < -0.3 is 14.8 Å². The van der Waals surface area contributed by atoms with Crippen molar-refractivity contribution in [2.24, 2.45) is 4.99 Å². The minimum atomic E-state index is -4.72. The maximum Gasteiger partial charge on any atom is 0.573 e. The Morgan fingerprint density at radius 2 is 1.83 bits per heavy atom. The van der Waals surface area contributed by atoms with Gasteiger partial charge in [-0.1, -0.05) is 12.1 Å². The summed E-state index contributed by atoms with van der Waals surface area (Å²) >= 11 is 0. The van der Waals surface area contributed by atoms with Crippen LogP contribution in [0.2, 0.25) is 0 Å². The molecule has 0 fully saturated rings. The largest absolute Gasteiger partial charge is 0.573 e. The highest BCUT2D eigenvalue weighted by Gasteiger charge is 2.30. The number of aryl methyl sites for hydroxylation is 1. The molecule has 0 atom stereocenters. The second-order valence-electron chi connectivity index (χ2n) is 5.18. The molecule has 0 bridgehead atoms. The summed E-state index contributed by atoms with van der Waals surface area (Å²) in [5, 5.41) is 10.9. The lowest BCUT2D eigenvalue weighted by Crippen LogP contribution is -2.16. The van der Waals surface area contributed by atoms with Gasteiger partial charge in [0.05, 0.1) is 11.3 Å². The average molecular weight is 334 g/mol. The molecule has 4 nitrogen and oxygen atoms in total. The number of hydrogen-bond acceptors (Lipinski definition) is 3. The average Bonchev–Trinajstić information content (AvgIpc) is 2.82. The number of nitrogens with one attached hydrogen (secondary N) is 1. The smallest absolute Gasteiger partial charge is 0.494 e. The van der Waals surface area contributed by atoms with Crippen LogP contribution in [0.3, 0.4) is 0 Å². The van der Waals surface area contributed by atoms with Crippen LogP contribution in [0, 0.1) is 6.92 Å². The number of fused-ring (bicyclic) bond motifs is 1. The highest BCUT2D eigenvalue weighted by atomic mass is 19.4. The molecular formula is C17H13F3N2O2. The number of aromatic nitrogens is 1. The molecule has 0 saturated heterocycles. The number of aromatic hydroxyl groups is 1. The molecule has 1 aromatic heterocycles. The molecular weight excluding hydrogens is 321 g/mol. The van der Waals surface area contributed by atoms with Crippen LogP contribution in [-0.4, -0.2) is 22.7 Å². The van der Waals surface area contributed by atoms with Gasteiger partial charge >= 0.3 is 6.36 Å². The molecule has 1 heterocycles. The van der Waals surface area contributed by atoms with E-state index in [4.69, 9.17) is 0 Å². The number of aromatic amines is 1. The Labute approximate surface area is 135 Å². The zero-order chi connectivity index (χ0) is 17.3. The van der Waals surface area contributed by atoms with Gasteiger partial charge in [-0.15, -0.1) is 13.2 Å². The number of ether oxygens (including phenoxy) is 1. The van der Waals surface area contributed by atoms with Gasteiger partial charge in [0.25, 0.3) is 0 Å². The minimum absolute atomic E-state index is 0.0138. The third-order valence-electron chi connectivity index (χ3n) is 3.46. The van der Waals surface area contributed by atoms with Crippen LogP contribution in [0.25, 0.3) is 10.9 Å². The van der Waals surface area contributed by atoms with Gasteiger partial charge in [-0.25, -0.2) is 0 Å². The van der Waals surface area contributed by atoms with Crippen molar-refractivity contribution in [1.29, 1.82) is 0 Å². The lowest BCUT2D eigenvalue weighted by molar-refractivity contribution is -0.274. The van der Waals surface area contributed by atoms with Crippen molar-refractivity contribution in [1.82, 2.24) is 4.98 Å². The Balaban J connectivity index is 1.88. The fourth-order valence-electron chi connectivity index (χ4n) is 2.44. The Bertz CT molecular complexity index is 897. The fourth-order valence-corrected chi connectivity index (χ4v) is 2.44. The first kappa shape index (κ1) is 15.9. The van der Waals surface area contributed by atoms with E-state index < -0.39 is 6.36 Å². The van der Waals surface area contributed by atoms with Crippen LogP contribution in [0.15, 0.2) is 47.5 Å². The van der Waals surface area contributed by atoms with Crippen LogP contribution in [-0.2, 0) is 0 Å². The molecule has 24 heavy (non-hydrogen) atoms. The Hall–Kier alpha value is -2.96. The molecule has 0 aliphatic carbocycles. The van der Waals surface area contributed by atoms with Crippen LogP contribution < -0.4 is 4.74 Å². The molecule has 0 aliphatic heterocycles. The van der Waals surface area contributed by atoms with Gasteiger partial charge in [0, 0.05) is 17.1 Å². The van der Waals surface area contributed by atoms with Crippen molar-refractivity contribution in [3.8, 4) is 11.6 Å². The van der Waals surface area contributed by atoms with E-state index >= 15 is 0 Å². The van der Waals surface area contributed by atoms with E-state index in [0.717, 1.165) is 16.5 Å². The van der Waals surface area contributed by atoms with Crippen LogP contribution >= 0.6 is 0 Å². The Kier molecular flexibility index (Phi) is 3.92. The summed E-state index contributed by atoms with van der Waals surface area (Å²) in [6, 6.07) is 10.8.